The fourth-order valence-electron chi connectivity index (χ4n) is 0.967. The van der Waals surface area contributed by atoms with Gasteiger partial charge in [-0.25, -0.2) is 4.39 Å². The van der Waals surface area contributed by atoms with Gasteiger partial charge in [0, 0.05) is 6.04 Å². The van der Waals surface area contributed by atoms with Crippen LogP contribution in [0.25, 0.3) is 0 Å². The maximum atomic E-state index is 12.6. The summed E-state index contributed by atoms with van der Waals surface area (Å²) < 4.78 is 18.1. The minimum atomic E-state index is -0.262. The molecule has 84 valence electrons. The van der Waals surface area contributed by atoms with E-state index in [1.165, 1.54) is 12.1 Å². The van der Waals surface area contributed by atoms with Crippen molar-refractivity contribution in [1.29, 1.82) is 0 Å². The van der Waals surface area contributed by atoms with E-state index < -0.39 is 0 Å². The third kappa shape index (κ3) is 3.88. The van der Waals surface area contributed by atoms with Gasteiger partial charge in [0.15, 0.2) is 0 Å². The van der Waals surface area contributed by atoms with Crippen LogP contribution in [-0.4, -0.2) is 12.6 Å². The summed E-state index contributed by atoms with van der Waals surface area (Å²) >= 11 is 0. The number of hydrogen-bond donors (Lipinski definition) is 1. The van der Waals surface area contributed by atoms with Gasteiger partial charge in [-0.15, -0.1) is 0 Å². The van der Waals surface area contributed by atoms with E-state index in [4.69, 9.17) is 10.5 Å². The Balaban J connectivity index is 2.47. The molecule has 15 heavy (non-hydrogen) atoms. The van der Waals surface area contributed by atoms with Crippen LogP contribution in [0.4, 0.5) is 4.39 Å². The average Bonchev–Trinajstić information content (AvgIpc) is 2.15. The summed E-state index contributed by atoms with van der Waals surface area (Å²) in [6.07, 6.45) is 0. The molecule has 2 nitrogen and oxygen atoms in total. The van der Waals surface area contributed by atoms with Crippen molar-refractivity contribution in [2.75, 3.05) is 6.61 Å². The first-order valence-corrected chi connectivity index (χ1v) is 5.03. The molecule has 0 amide bonds. The summed E-state index contributed by atoms with van der Waals surface area (Å²) in [7, 11) is 0. The van der Waals surface area contributed by atoms with Crippen LogP contribution in [0.2, 0.25) is 0 Å². The summed E-state index contributed by atoms with van der Waals surface area (Å²) in [4.78, 5) is 0. The predicted molar refractivity (Wildman–Crippen MR) is 59.3 cm³/mol. The molecule has 1 aromatic carbocycles. The van der Waals surface area contributed by atoms with Crippen molar-refractivity contribution in [1.82, 2.24) is 0 Å². The van der Waals surface area contributed by atoms with Gasteiger partial charge < -0.3 is 10.5 Å². The van der Waals surface area contributed by atoms with Gasteiger partial charge in [-0.05, 0) is 29.7 Å². The van der Waals surface area contributed by atoms with Crippen LogP contribution < -0.4 is 10.5 Å². The number of nitrogens with two attached hydrogens (primary N) is 1. The Morgan fingerprint density at radius 2 is 1.80 bits per heavy atom. The van der Waals surface area contributed by atoms with Crippen molar-refractivity contribution in [3.63, 3.8) is 0 Å². The van der Waals surface area contributed by atoms with E-state index in [0.717, 1.165) is 0 Å². The summed E-state index contributed by atoms with van der Waals surface area (Å²) in [6.45, 7) is 6.62. The molecule has 0 bridgehead atoms. The molecule has 3 heteroatoms. The Hall–Kier alpha value is -1.09. The molecule has 1 unspecified atom stereocenters. The molecular formula is C12H18FNO. The molecule has 1 atom stereocenters. The lowest BCUT2D eigenvalue weighted by Gasteiger charge is -2.26. The Labute approximate surface area is 90.2 Å². The van der Waals surface area contributed by atoms with Crippen molar-refractivity contribution >= 4 is 0 Å². The molecule has 0 saturated carbocycles. The Morgan fingerprint density at radius 3 is 2.27 bits per heavy atom. The molecule has 0 aliphatic carbocycles. The van der Waals surface area contributed by atoms with Crippen LogP contribution in [0.5, 0.6) is 5.75 Å². The zero-order valence-corrected chi connectivity index (χ0v) is 9.46. The Bertz CT molecular complexity index is 302. The van der Waals surface area contributed by atoms with Crippen LogP contribution >= 0.6 is 0 Å². The quantitative estimate of drug-likeness (QED) is 0.834. The predicted octanol–water partition coefficient (Wildman–Crippen LogP) is 2.58. The van der Waals surface area contributed by atoms with E-state index in [1.807, 2.05) is 0 Å². The summed E-state index contributed by atoms with van der Waals surface area (Å²) in [6, 6.07) is 5.91. The standard InChI is InChI=1S/C12H18FNO/c1-12(2,3)11(14)8-15-10-6-4-9(13)5-7-10/h4-7,11H,8,14H2,1-3H3. The van der Waals surface area contributed by atoms with E-state index in [1.54, 1.807) is 12.1 Å². The normalized spacial score (nSPS) is 13.7. The first-order valence-electron chi connectivity index (χ1n) is 5.03. The van der Waals surface area contributed by atoms with Gasteiger partial charge in [0.2, 0.25) is 0 Å². The molecule has 0 radical (unpaired) electrons. The largest absolute Gasteiger partial charge is 0.492 e. The molecule has 0 aliphatic rings. The Morgan fingerprint density at radius 1 is 1.27 bits per heavy atom. The highest BCUT2D eigenvalue weighted by Crippen LogP contribution is 2.19. The molecule has 1 rings (SSSR count). The molecule has 0 heterocycles. The van der Waals surface area contributed by atoms with Gasteiger partial charge in [0.1, 0.15) is 18.2 Å². The third-order valence-corrected chi connectivity index (χ3v) is 2.36. The number of rotatable bonds is 3. The van der Waals surface area contributed by atoms with E-state index in [0.29, 0.717) is 12.4 Å². The molecule has 0 spiro atoms. The maximum absolute atomic E-state index is 12.6. The molecular weight excluding hydrogens is 193 g/mol. The highest BCUT2D eigenvalue weighted by molar-refractivity contribution is 5.22. The van der Waals surface area contributed by atoms with Crippen LogP contribution in [0.1, 0.15) is 20.8 Å². The molecule has 2 N–H and O–H groups in total. The number of hydrogen-bond acceptors (Lipinski definition) is 2. The SMILES string of the molecule is CC(C)(C)C(N)COc1ccc(F)cc1. The van der Waals surface area contributed by atoms with E-state index in [2.05, 4.69) is 20.8 Å². The molecule has 0 saturated heterocycles. The van der Waals surface area contributed by atoms with E-state index in [9.17, 15) is 4.39 Å². The second-order valence-corrected chi connectivity index (χ2v) is 4.74. The van der Waals surface area contributed by atoms with Gasteiger partial charge in [0.05, 0.1) is 0 Å². The summed E-state index contributed by atoms with van der Waals surface area (Å²) in [5, 5.41) is 0. The smallest absolute Gasteiger partial charge is 0.123 e. The highest BCUT2D eigenvalue weighted by atomic mass is 19.1. The molecule has 0 aromatic heterocycles. The minimum absolute atomic E-state index is 0.0139. The second kappa shape index (κ2) is 4.62. The lowest BCUT2D eigenvalue weighted by atomic mass is 9.88. The van der Waals surface area contributed by atoms with Crippen molar-refractivity contribution in [3.8, 4) is 5.75 Å². The number of benzene rings is 1. The van der Waals surface area contributed by atoms with Gasteiger partial charge in [-0.1, -0.05) is 20.8 Å². The van der Waals surface area contributed by atoms with E-state index >= 15 is 0 Å². The van der Waals surface area contributed by atoms with Crippen LogP contribution in [0, 0.1) is 11.2 Å². The monoisotopic (exact) mass is 211 g/mol. The fraction of sp³-hybridized carbons (Fsp3) is 0.500. The van der Waals surface area contributed by atoms with Gasteiger partial charge in [-0.2, -0.15) is 0 Å². The fourth-order valence-corrected chi connectivity index (χ4v) is 0.967. The zero-order valence-electron chi connectivity index (χ0n) is 9.46. The molecule has 1 aromatic rings. The number of ether oxygens (including phenoxy) is 1. The van der Waals surface area contributed by atoms with Gasteiger partial charge in [-0.3, -0.25) is 0 Å². The maximum Gasteiger partial charge on any atom is 0.123 e. The van der Waals surface area contributed by atoms with Gasteiger partial charge in [0.25, 0.3) is 0 Å². The van der Waals surface area contributed by atoms with Crippen molar-refractivity contribution < 1.29 is 9.13 Å². The summed E-state index contributed by atoms with van der Waals surface area (Å²) in [5.74, 6) is 0.388. The van der Waals surface area contributed by atoms with Gasteiger partial charge >= 0.3 is 0 Å². The second-order valence-electron chi connectivity index (χ2n) is 4.74. The lowest BCUT2D eigenvalue weighted by molar-refractivity contribution is 0.205. The highest BCUT2D eigenvalue weighted by Gasteiger charge is 2.20. The van der Waals surface area contributed by atoms with Crippen molar-refractivity contribution in [2.24, 2.45) is 11.1 Å². The third-order valence-electron chi connectivity index (χ3n) is 2.36. The number of halogens is 1. The zero-order chi connectivity index (χ0) is 11.5. The summed E-state index contributed by atoms with van der Waals surface area (Å²) in [5.41, 5.74) is 5.94. The van der Waals surface area contributed by atoms with Crippen molar-refractivity contribution in [3.05, 3.63) is 30.1 Å². The molecule has 0 aliphatic heterocycles. The van der Waals surface area contributed by atoms with Crippen molar-refractivity contribution in [2.45, 2.75) is 26.8 Å². The van der Waals surface area contributed by atoms with Crippen LogP contribution in [0.3, 0.4) is 0 Å². The minimum Gasteiger partial charge on any atom is -0.492 e. The lowest BCUT2D eigenvalue weighted by Crippen LogP contribution is -2.40. The molecule has 0 fully saturated rings. The van der Waals surface area contributed by atoms with Crippen LogP contribution in [0.15, 0.2) is 24.3 Å². The first-order chi connectivity index (χ1) is 6.89. The van der Waals surface area contributed by atoms with Crippen LogP contribution in [-0.2, 0) is 0 Å². The first kappa shape index (κ1) is 12.0. The van der Waals surface area contributed by atoms with E-state index in [-0.39, 0.29) is 17.3 Å². The Kier molecular flexibility index (Phi) is 3.69. The topological polar surface area (TPSA) is 35.2 Å². The average molecular weight is 211 g/mol.